The fourth-order valence-electron chi connectivity index (χ4n) is 3.48. The quantitative estimate of drug-likeness (QED) is 0.339. The van der Waals surface area contributed by atoms with Gasteiger partial charge in [-0.3, -0.25) is 14.5 Å². The topological polar surface area (TPSA) is 93.7 Å². The van der Waals surface area contributed by atoms with E-state index in [2.05, 4.69) is 20.3 Å². The number of carbonyl (C=O) groups excluding carboxylic acids is 2. The first-order valence-electron chi connectivity index (χ1n) is 10.9. The van der Waals surface area contributed by atoms with Gasteiger partial charge in [0.25, 0.3) is 0 Å². The predicted octanol–water partition coefficient (Wildman–Crippen LogP) is 4.08. The van der Waals surface area contributed by atoms with Crippen molar-refractivity contribution < 1.29 is 41.0 Å². The fourth-order valence-corrected chi connectivity index (χ4v) is 4.31. The minimum absolute atomic E-state index is 0.000716. The highest BCUT2D eigenvalue weighted by Gasteiger charge is 2.32. The molecule has 8 nitrogen and oxygen atoms in total. The van der Waals surface area contributed by atoms with Crippen molar-refractivity contribution in [3.05, 3.63) is 58.6 Å². The van der Waals surface area contributed by atoms with Crippen molar-refractivity contribution in [1.29, 1.82) is 0 Å². The Kier molecular flexibility index (Phi) is 8.10. The van der Waals surface area contributed by atoms with E-state index < -0.39 is 35.4 Å². The van der Waals surface area contributed by atoms with Crippen LogP contribution >= 0.6 is 11.3 Å². The first kappa shape index (κ1) is 26.6. The van der Waals surface area contributed by atoms with Gasteiger partial charge in [0.15, 0.2) is 23.2 Å². The molecule has 1 amide bonds. The number of amides is 1. The largest absolute Gasteiger partial charge is 0.573 e. The average molecular weight is 542 g/mol. The number of nitrogens with one attached hydrogen (secondary N) is 1. The highest BCUT2D eigenvalue weighted by molar-refractivity contribution is 7.14. The number of rotatable bonds is 8. The zero-order valence-corrected chi connectivity index (χ0v) is 19.8. The molecule has 3 aromatic rings. The van der Waals surface area contributed by atoms with Gasteiger partial charge in [-0.2, -0.15) is 0 Å². The molecule has 0 radical (unpaired) electrons. The van der Waals surface area contributed by atoms with Crippen LogP contribution in [0.3, 0.4) is 0 Å². The number of nitrogens with zero attached hydrogens (tertiary/aromatic N) is 3. The van der Waals surface area contributed by atoms with Crippen molar-refractivity contribution in [2.75, 3.05) is 38.2 Å². The third-order valence-electron chi connectivity index (χ3n) is 5.22. The molecule has 37 heavy (non-hydrogen) atoms. The van der Waals surface area contributed by atoms with Gasteiger partial charge in [-0.15, -0.1) is 23.4 Å². The van der Waals surface area contributed by atoms with E-state index >= 15 is 0 Å². The Morgan fingerprint density at radius 1 is 1.05 bits per heavy atom. The maximum absolute atomic E-state index is 13.5. The van der Waals surface area contributed by atoms with Gasteiger partial charge in [-0.25, -0.2) is 8.78 Å². The van der Waals surface area contributed by atoms with E-state index in [1.807, 2.05) is 0 Å². The Morgan fingerprint density at radius 3 is 2.51 bits per heavy atom. The molecule has 0 aliphatic carbocycles. The van der Waals surface area contributed by atoms with Gasteiger partial charge >= 0.3 is 6.36 Å². The van der Waals surface area contributed by atoms with Crippen LogP contribution < -0.4 is 10.1 Å². The number of morpholine rings is 1. The van der Waals surface area contributed by atoms with E-state index in [9.17, 15) is 31.5 Å². The molecule has 2 heterocycles. The molecule has 14 heteroatoms. The van der Waals surface area contributed by atoms with Gasteiger partial charge in [0, 0.05) is 24.2 Å². The molecule has 0 saturated carbocycles. The van der Waals surface area contributed by atoms with Crippen LogP contribution in [-0.4, -0.2) is 66.0 Å². The summed E-state index contributed by atoms with van der Waals surface area (Å²) in [7, 11) is 0. The molecule has 1 aromatic heterocycles. The Hall–Kier alpha value is -3.49. The van der Waals surface area contributed by atoms with Crippen LogP contribution in [0, 0.1) is 11.6 Å². The predicted molar refractivity (Wildman–Crippen MR) is 122 cm³/mol. The van der Waals surface area contributed by atoms with Crippen LogP contribution in [0.5, 0.6) is 5.75 Å². The van der Waals surface area contributed by atoms with Crippen LogP contribution in [0.25, 0.3) is 10.6 Å². The maximum atomic E-state index is 13.5. The summed E-state index contributed by atoms with van der Waals surface area (Å²) in [4.78, 5) is 27.1. The van der Waals surface area contributed by atoms with Crippen LogP contribution in [0.2, 0.25) is 0 Å². The Morgan fingerprint density at radius 2 is 1.81 bits per heavy atom. The summed E-state index contributed by atoms with van der Waals surface area (Å²) in [5.74, 6) is -3.85. The molecule has 0 unspecified atom stereocenters. The van der Waals surface area contributed by atoms with E-state index in [0.717, 1.165) is 41.7 Å². The van der Waals surface area contributed by atoms with E-state index in [4.69, 9.17) is 4.74 Å². The van der Waals surface area contributed by atoms with Gasteiger partial charge in [0.1, 0.15) is 10.0 Å². The van der Waals surface area contributed by atoms with E-state index in [1.54, 1.807) is 4.90 Å². The first-order chi connectivity index (χ1) is 17.6. The third kappa shape index (κ3) is 7.27. The first-order valence-corrected chi connectivity index (χ1v) is 11.7. The number of hydrogen-bond donors (Lipinski definition) is 1. The lowest BCUT2D eigenvalue weighted by atomic mass is 10.1. The number of Topliss-reactive ketones (excluding diaryl/α,β-unsaturated/α-hetero) is 1. The standard InChI is InChI=1S/C23H19F5N4O4S/c24-15-3-1-14(9-16(15)25)22-31-30-21(37-22)11-18(33)13-2-4-19(36-23(26,27)28)17(10-13)29-20(34)12-32-5-7-35-8-6-32/h1-4,9-10H,5-8,11-12H2,(H,29,34). The lowest BCUT2D eigenvalue weighted by Gasteiger charge is -2.26. The van der Waals surface area contributed by atoms with Crippen molar-refractivity contribution in [2.24, 2.45) is 0 Å². The van der Waals surface area contributed by atoms with Gasteiger partial charge in [-0.05, 0) is 36.4 Å². The van der Waals surface area contributed by atoms with Gasteiger partial charge in [0.05, 0.1) is 31.9 Å². The summed E-state index contributed by atoms with van der Waals surface area (Å²) in [5, 5.41) is 10.7. The van der Waals surface area contributed by atoms with Crippen molar-refractivity contribution in [1.82, 2.24) is 15.1 Å². The molecule has 0 bridgehead atoms. The molecule has 2 aromatic carbocycles. The molecule has 1 saturated heterocycles. The van der Waals surface area contributed by atoms with Crippen molar-refractivity contribution in [3.8, 4) is 16.3 Å². The van der Waals surface area contributed by atoms with E-state index in [-0.39, 0.29) is 39.8 Å². The van der Waals surface area contributed by atoms with Gasteiger partial charge in [0.2, 0.25) is 5.91 Å². The lowest BCUT2D eigenvalue weighted by Crippen LogP contribution is -2.41. The van der Waals surface area contributed by atoms with Crippen molar-refractivity contribution in [3.63, 3.8) is 0 Å². The number of alkyl halides is 3. The maximum Gasteiger partial charge on any atom is 0.573 e. The lowest BCUT2D eigenvalue weighted by molar-refractivity contribution is -0.274. The highest BCUT2D eigenvalue weighted by atomic mass is 32.1. The zero-order valence-electron chi connectivity index (χ0n) is 19.0. The number of benzene rings is 2. The summed E-state index contributed by atoms with van der Waals surface area (Å²) in [6, 6.07) is 6.38. The van der Waals surface area contributed by atoms with Crippen molar-refractivity contribution >= 4 is 28.7 Å². The number of carbonyl (C=O) groups is 2. The highest BCUT2D eigenvalue weighted by Crippen LogP contribution is 2.32. The van der Waals surface area contributed by atoms with Gasteiger partial charge < -0.3 is 14.8 Å². The minimum Gasteiger partial charge on any atom is -0.404 e. The van der Waals surface area contributed by atoms with Crippen molar-refractivity contribution in [2.45, 2.75) is 12.8 Å². The average Bonchev–Trinajstić information content (AvgIpc) is 3.30. The number of ether oxygens (including phenoxy) is 2. The molecule has 1 N–H and O–H groups in total. The number of anilines is 1. The second-order valence-electron chi connectivity index (χ2n) is 7.93. The van der Waals surface area contributed by atoms with Gasteiger partial charge in [-0.1, -0.05) is 11.3 Å². The van der Waals surface area contributed by atoms with Crippen LogP contribution in [-0.2, 0) is 16.0 Å². The Labute approximate surface area is 211 Å². The fraction of sp³-hybridized carbons (Fsp3) is 0.304. The monoisotopic (exact) mass is 542 g/mol. The van der Waals surface area contributed by atoms with Crippen LogP contribution in [0.4, 0.5) is 27.6 Å². The summed E-state index contributed by atoms with van der Waals surface area (Å²) in [6.07, 6.45) is -5.28. The number of ketones is 1. The zero-order chi connectivity index (χ0) is 26.6. The number of aromatic nitrogens is 2. The Balaban J connectivity index is 1.50. The van der Waals surface area contributed by atoms with Crippen LogP contribution in [0.1, 0.15) is 15.4 Å². The summed E-state index contributed by atoms with van der Waals surface area (Å²) in [6.45, 7) is 1.77. The van der Waals surface area contributed by atoms with E-state index in [1.165, 1.54) is 6.07 Å². The molecule has 4 rings (SSSR count). The second-order valence-corrected chi connectivity index (χ2v) is 8.99. The number of hydrogen-bond acceptors (Lipinski definition) is 8. The summed E-state index contributed by atoms with van der Waals surface area (Å²) >= 11 is 0.978. The SMILES string of the molecule is O=C(CN1CCOCC1)Nc1cc(C(=O)Cc2nnc(-c3ccc(F)c(F)c3)s2)ccc1OC(F)(F)F. The molecule has 0 spiro atoms. The molecule has 1 fully saturated rings. The second kappa shape index (κ2) is 11.3. The number of halogens is 5. The molecule has 1 aliphatic rings. The Bertz CT molecular complexity index is 1290. The molecular weight excluding hydrogens is 523 g/mol. The normalized spacial score (nSPS) is 14.4. The van der Waals surface area contributed by atoms with Crippen LogP contribution in [0.15, 0.2) is 36.4 Å². The smallest absolute Gasteiger partial charge is 0.404 e. The molecule has 1 aliphatic heterocycles. The molecule has 0 atom stereocenters. The summed E-state index contributed by atoms with van der Waals surface area (Å²) in [5.41, 5.74) is -0.0454. The minimum atomic E-state index is -5.02. The third-order valence-corrected chi connectivity index (χ3v) is 6.19. The molecule has 196 valence electrons. The molecular formula is C23H19F5N4O4S. The van der Waals surface area contributed by atoms with E-state index in [0.29, 0.717) is 26.3 Å². The summed E-state index contributed by atoms with van der Waals surface area (Å²) < 4.78 is 74.5.